The number of nitrogens with one attached hydrogen (secondary N) is 1. The predicted molar refractivity (Wildman–Crippen MR) is 66.3 cm³/mol. The topological polar surface area (TPSA) is 76.9 Å². The Morgan fingerprint density at radius 3 is 2.82 bits per heavy atom. The van der Waals surface area contributed by atoms with Gasteiger partial charge in [0.1, 0.15) is 9.84 Å². The molecule has 0 fully saturated rings. The molecule has 0 radical (unpaired) electrons. The Labute approximate surface area is 102 Å². The van der Waals surface area contributed by atoms with E-state index in [2.05, 4.69) is 15.6 Å². The molecule has 0 saturated carbocycles. The summed E-state index contributed by atoms with van der Waals surface area (Å²) < 4.78 is 24.3. The normalized spacial score (nSPS) is 11.9. The highest BCUT2D eigenvalue weighted by atomic mass is 32.2. The Hall–Kier alpha value is -0.950. The van der Waals surface area contributed by atoms with Crippen LogP contribution >= 0.6 is 0 Å². The first-order valence-corrected chi connectivity index (χ1v) is 7.69. The number of hydrogen-bond acceptors (Lipinski definition) is 5. The van der Waals surface area contributed by atoms with Crippen molar-refractivity contribution in [2.45, 2.75) is 33.4 Å². The van der Waals surface area contributed by atoms with Crippen LogP contribution in [0.1, 0.15) is 26.0 Å². The predicted octanol–water partition coefficient (Wildman–Crippen LogP) is 0.212. The number of aryl methyl sites for hydroxylation is 1. The number of aromatic nitrogens is 3. The van der Waals surface area contributed by atoms with E-state index in [9.17, 15) is 8.42 Å². The van der Waals surface area contributed by atoms with Crippen LogP contribution in [-0.2, 0) is 22.9 Å². The quantitative estimate of drug-likeness (QED) is 0.723. The maximum Gasteiger partial charge on any atom is 0.150 e. The van der Waals surface area contributed by atoms with Gasteiger partial charge in [-0.2, -0.15) is 0 Å². The molecule has 0 aliphatic carbocycles. The van der Waals surface area contributed by atoms with E-state index in [4.69, 9.17) is 0 Å². The summed E-state index contributed by atoms with van der Waals surface area (Å²) in [5, 5.41) is 11.1. The first-order chi connectivity index (χ1) is 8.07. The molecule has 1 N–H and O–H groups in total. The molecule has 0 amide bonds. The van der Waals surface area contributed by atoms with Crippen LogP contribution in [0.15, 0.2) is 6.20 Å². The second kappa shape index (κ2) is 6.70. The van der Waals surface area contributed by atoms with Crippen LogP contribution in [0.2, 0.25) is 0 Å². The Morgan fingerprint density at radius 2 is 2.18 bits per heavy atom. The minimum absolute atomic E-state index is 0.204. The third-order valence-electron chi connectivity index (χ3n) is 2.42. The highest BCUT2D eigenvalue weighted by molar-refractivity contribution is 7.91. The molecule has 1 rings (SSSR count). The van der Waals surface area contributed by atoms with Gasteiger partial charge in [-0.15, -0.1) is 5.10 Å². The highest BCUT2D eigenvalue weighted by Gasteiger charge is 2.07. The third-order valence-corrected chi connectivity index (χ3v) is 4.21. The van der Waals surface area contributed by atoms with E-state index in [1.807, 2.05) is 13.1 Å². The molecule has 0 aliphatic heterocycles. The van der Waals surface area contributed by atoms with Gasteiger partial charge in [0, 0.05) is 25.0 Å². The minimum atomic E-state index is -2.87. The Balaban J connectivity index is 2.35. The van der Waals surface area contributed by atoms with Gasteiger partial charge < -0.3 is 5.32 Å². The van der Waals surface area contributed by atoms with Gasteiger partial charge in [0.05, 0.1) is 11.4 Å². The summed E-state index contributed by atoms with van der Waals surface area (Å²) in [7, 11) is -2.87. The zero-order valence-electron chi connectivity index (χ0n) is 10.4. The summed E-state index contributed by atoms with van der Waals surface area (Å²) in [6, 6.07) is 0. The second-order valence-electron chi connectivity index (χ2n) is 3.84. The van der Waals surface area contributed by atoms with Crippen molar-refractivity contribution >= 4 is 9.84 Å². The van der Waals surface area contributed by atoms with Crippen molar-refractivity contribution in [3.05, 3.63) is 11.9 Å². The molecule has 17 heavy (non-hydrogen) atoms. The molecule has 1 aromatic rings. The first kappa shape index (κ1) is 14.1. The van der Waals surface area contributed by atoms with E-state index in [-0.39, 0.29) is 11.5 Å². The van der Waals surface area contributed by atoms with Gasteiger partial charge in [-0.1, -0.05) is 19.1 Å². The molecule has 0 aromatic carbocycles. The number of rotatable bonds is 8. The Morgan fingerprint density at radius 1 is 1.41 bits per heavy atom. The maximum atomic E-state index is 11.3. The van der Waals surface area contributed by atoms with Gasteiger partial charge in [-0.25, -0.2) is 8.42 Å². The van der Waals surface area contributed by atoms with Gasteiger partial charge in [-0.3, -0.25) is 4.68 Å². The van der Waals surface area contributed by atoms with Crippen LogP contribution < -0.4 is 5.32 Å². The summed E-state index contributed by atoms with van der Waals surface area (Å²) in [5.74, 6) is 0.419. The van der Waals surface area contributed by atoms with E-state index in [1.54, 1.807) is 11.6 Å². The Kier molecular flexibility index (Phi) is 5.57. The van der Waals surface area contributed by atoms with Crippen LogP contribution in [0.5, 0.6) is 0 Å². The van der Waals surface area contributed by atoms with Crippen molar-refractivity contribution in [3.63, 3.8) is 0 Å². The molecule has 7 heteroatoms. The van der Waals surface area contributed by atoms with Crippen LogP contribution in [0.4, 0.5) is 0 Å². The molecule has 1 heterocycles. The van der Waals surface area contributed by atoms with Crippen LogP contribution in [-0.4, -0.2) is 41.5 Å². The SMILES string of the molecule is CCNCc1cn(CCCS(=O)(=O)CC)nn1. The number of nitrogens with zero attached hydrogens (tertiary/aromatic N) is 3. The summed E-state index contributed by atoms with van der Waals surface area (Å²) in [4.78, 5) is 0. The molecule has 0 spiro atoms. The van der Waals surface area contributed by atoms with Crippen LogP contribution in [0, 0.1) is 0 Å². The molecule has 0 saturated heterocycles. The molecule has 0 aliphatic rings. The van der Waals surface area contributed by atoms with Gasteiger partial charge in [0.25, 0.3) is 0 Å². The molecule has 0 unspecified atom stereocenters. The molecule has 0 atom stereocenters. The molecule has 6 nitrogen and oxygen atoms in total. The van der Waals surface area contributed by atoms with Crippen molar-refractivity contribution in [3.8, 4) is 0 Å². The lowest BCUT2D eigenvalue weighted by Crippen LogP contribution is -2.12. The third kappa shape index (κ3) is 5.27. The molecular formula is C10H20N4O2S. The summed E-state index contributed by atoms with van der Waals surface area (Å²) in [5.41, 5.74) is 0.880. The zero-order chi connectivity index (χ0) is 12.7. The second-order valence-corrected chi connectivity index (χ2v) is 6.32. The number of hydrogen-bond donors (Lipinski definition) is 1. The summed E-state index contributed by atoms with van der Waals surface area (Å²) >= 11 is 0. The van der Waals surface area contributed by atoms with E-state index in [0.29, 0.717) is 19.5 Å². The Bertz CT molecular complexity index is 427. The van der Waals surface area contributed by atoms with Gasteiger partial charge in [0.2, 0.25) is 0 Å². The van der Waals surface area contributed by atoms with E-state index in [0.717, 1.165) is 12.2 Å². The highest BCUT2D eigenvalue weighted by Crippen LogP contribution is 1.98. The van der Waals surface area contributed by atoms with E-state index in [1.165, 1.54) is 0 Å². The van der Waals surface area contributed by atoms with Gasteiger partial charge in [0.15, 0.2) is 0 Å². The average Bonchev–Trinajstić information content (AvgIpc) is 2.74. The van der Waals surface area contributed by atoms with E-state index < -0.39 is 9.84 Å². The lowest BCUT2D eigenvalue weighted by molar-refractivity contribution is 0.562. The summed E-state index contributed by atoms with van der Waals surface area (Å²) in [6.07, 6.45) is 2.43. The standard InChI is InChI=1S/C10H20N4O2S/c1-3-11-8-10-9-14(13-12-10)6-5-7-17(15,16)4-2/h9,11H,3-8H2,1-2H3. The van der Waals surface area contributed by atoms with Crippen LogP contribution in [0.25, 0.3) is 0 Å². The van der Waals surface area contributed by atoms with Crippen molar-refractivity contribution in [1.82, 2.24) is 20.3 Å². The van der Waals surface area contributed by atoms with E-state index >= 15 is 0 Å². The largest absolute Gasteiger partial charge is 0.311 e. The van der Waals surface area contributed by atoms with Crippen LogP contribution in [0.3, 0.4) is 0 Å². The first-order valence-electron chi connectivity index (χ1n) is 5.87. The fourth-order valence-corrected chi connectivity index (χ4v) is 2.23. The average molecular weight is 260 g/mol. The fourth-order valence-electron chi connectivity index (χ4n) is 1.37. The lowest BCUT2D eigenvalue weighted by atomic mass is 10.4. The zero-order valence-corrected chi connectivity index (χ0v) is 11.2. The lowest BCUT2D eigenvalue weighted by Gasteiger charge is -2.01. The van der Waals surface area contributed by atoms with Gasteiger partial charge >= 0.3 is 0 Å². The maximum absolute atomic E-state index is 11.3. The van der Waals surface area contributed by atoms with Crippen molar-refractivity contribution in [1.29, 1.82) is 0 Å². The smallest absolute Gasteiger partial charge is 0.150 e. The molecular weight excluding hydrogens is 240 g/mol. The van der Waals surface area contributed by atoms with Crippen molar-refractivity contribution in [2.24, 2.45) is 0 Å². The molecule has 0 bridgehead atoms. The summed E-state index contributed by atoms with van der Waals surface area (Å²) in [6.45, 7) is 5.88. The van der Waals surface area contributed by atoms with Gasteiger partial charge in [-0.05, 0) is 13.0 Å². The molecule has 98 valence electrons. The van der Waals surface area contributed by atoms with Crippen molar-refractivity contribution in [2.75, 3.05) is 18.1 Å². The molecule has 1 aromatic heterocycles. The minimum Gasteiger partial charge on any atom is -0.311 e. The monoisotopic (exact) mass is 260 g/mol. The fraction of sp³-hybridized carbons (Fsp3) is 0.800. The number of sulfone groups is 1. The van der Waals surface area contributed by atoms with Crippen molar-refractivity contribution < 1.29 is 8.42 Å².